The normalized spacial score (nSPS) is 10.9. The van der Waals surface area contributed by atoms with Crippen molar-refractivity contribution in [3.05, 3.63) is 59.0 Å². The van der Waals surface area contributed by atoms with Gasteiger partial charge in [0, 0.05) is 25.6 Å². The Morgan fingerprint density at radius 1 is 1.15 bits per heavy atom. The number of nitrogens with zero attached hydrogens (tertiary/aromatic N) is 2. The van der Waals surface area contributed by atoms with Crippen LogP contribution in [0.15, 0.2) is 40.9 Å². The molecule has 0 bridgehead atoms. The minimum Gasteiger partial charge on any atom is -0.497 e. The Morgan fingerprint density at radius 2 is 1.88 bits per heavy atom. The Morgan fingerprint density at radius 3 is 2.58 bits per heavy atom. The summed E-state index contributed by atoms with van der Waals surface area (Å²) in [6.45, 7) is 4.38. The van der Waals surface area contributed by atoms with Gasteiger partial charge in [-0.1, -0.05) is 23.4 Å². The lowest BCUT2D eigenvalue weighted by atomic mass is 10.1. The third kappa shape index (κ3) is 3.87. The number of hydrogen-bond donors (Lipinski definition) is 0. The molecule has 0 radical (unpaired) electrons. The minimum absolute atomic E-state index is 0.111. The summed E-state index contributed by atoms with van der Waals surface area (Å²) in [5, 5.41) is 6.20. The second kappa shape index (κ2) is 7.60. The number of aryl methyl sites for hydroxylation is 2. The summed E-state index contributed by atoms with van der Waals surface area (Å²) in [5.41, 5.74) is 3.00. The molecule has 0 unspecified atom stereocenters. The van der Waals surface area contributed by atoms with Crippen molar-refractivity contribution >= 4 is 16.7 Å². The molecule has 0 atom stereocenters. The topological polar surface area (TPSA) is 55.6 Å². The molecule has 3 aromatic rings. The van der Waals surface area contributed by atoms with Crippen molar-refractivity contribution in [3.63, 3.8) is 0 Å². The van der Waals surface area contributed by atoms with E-state index in [2.05, 4.69) is 23.4 Å². The van der Waals surface area contributed by atoms with E-state index in [4.69, 9.17) is 9.26 Å². The van der Waals surface area contributed by atoms with Crippen LogP contribution in [0.3, 0.4) is 0 Å². The van der Waals surface area contributed by atoms with Gasteiger partial charge in [0.1, 0.15) is 11.5 Å². The fourth-order valence-electron chi connectivity index (χ4n) is 3.14. The first-order chi connectivity index (χ1) is 12.5. The Labute approximate surface area is 153 Å². The van der Waals surface area contributed by atoms with Crippen LogP contribution in [0.1, 0.15) is 29.0 Å². The number of fused-ring (bicyclic) bond motifs is 1. The van der Waals surface area contributed by atoms with Gasteiger partial charge in [0.25, 0.3) is 0 Å². The maximum absolute atomic E-state index is 12.5. The van der Waals surface area contributed by atoms with Gasteiger partial charge in [-0.2, -0.15) is 0 Å². The van der Waals surface area contributed by atoms with Crippen LogP contribution in [0.4, 0.5) is 0 Å². The van der Waals surface area contributed by atoms with Crippen LogP contribution in [0.5, 0.6) is 5.75 Å². The molecule has 0 aliphatic rings. The highest BCUT2D eigenvalue weighted by atomic mass is 16.5. The average molecular weight is 352 g/mol. The van der Waals surface area contributed by atoms with Gasteiger partial charge in [-0.3, -0.25) is 4.79 Å². The summed E-state index contributed by atoms with van der Waals surface area (Å²) in [7, 11) is 3.51. The number of hydrogen-bond acceptors (Lipinski definition) is 4. The van der Waals surface area contributed by atoms with E-state index in [9.17, 15) is 4.79 Å². The summed E-state index contributed by atoms with van der Waals surface area (Å²) in [6, 6.07) is 12.2. The Hall–Kier alpha value is -2.82. The van der Waals surface area contributed by atoms with E-state index < -0.39 is 0 Å². The SMILES string of the molecule is COc1ccc2cc(CN(C)C(=O)CCc3c(C)noc3C)ccc2c1. The second-order valence-corrected chi connectivity index (χ2v) is 6.60. The van der Waals surface area contributed by atoms with Gasteiger partial charge in [0.05, 0.1) is 12.8 Å². The smallest absolute Gasteiger partial charge is 0.222 e. The van der Waals surface area contributed by atoms with Gasteiger partial charge < -0.3 is 14.2 Å². The summed E-state index contributed by atoms with van der Waals surface area (Å²) in [4.78, 5) is 14.2. The molecule has 2 aromatic carbocycles. The zero-order valence-corrected chi connectivity index (χ0v) is 15.7. The lowest BCUT2D eigenvalue weighted by Gasteiger charge is -2.17. The largest absolute Gasteiger partial charge is 0.497 e. The fraction of sp³-hybridized carbons (Fsp3) is 0.333. The van der Waals surface area contributed by atoms with E-state index in [0.29, 0.717) is 19.4 Å². The van der Waals surface area contributed by atoms with Crippen LogP contribution in [-0.4, -0.2) is 30.1 Å². The Balaban J connectivity index is 1.64. The first-order valence-electron chi connectivity index (χ1n) is 8.70. The predicted molar refractivity (Wildman–Crippen MR) is 101 cm³/mol. The number of methoxy groups -OCH3 is 1. The molecule has 0 saturated heterocycles. The van der Waals surface area contributed by atoms with Gasteiger partial charge in [0.15, 0.2) is 0 Å². The minimum atomic E-state index is 0.111. The van der Waals surface area contributed by atoms with E-state index in [1.807, 2.05) is 39.1 Å². The van der Waals surface area contributed by atoms with E-state index in [-0.39, 0.29) is 5.91 Å². The number of aromatic nitrogens is 1. The van der Waals surface area contributed by atoms with Crippen LogP contribution in [0.25, 0.3) is 10.8 Å². The van der Waals surface area contributed by atoms with Gasteiger partial charge in [-0.15, -0.1) is 0 Å². The summed E-state index contributed by atoms with van der Waals surface area (Å²) in [6.07, 6.45) is 1.10. The molecule has 5 heteroatoms. The van der Waals surface area contributed by atoms with E-state index in [1.165, 1.54) is 0 Å². The van der Waals surface area contributed by atoms with Crippen molar-refractivity contribution in [1.82, 2.24) is 10.1 Å². The maximum atomic E-state index is 12.5. The van der Waals surface area contributed by atoms with E-state index in [1.54, 1.807) is 12.0 Å². The second-order valence-electron chi connectivity index (χ2n) is 6.60. The standard InChI is InChI=1S/C21H24N2O3/c1-14-20(15(2)26-22-14)9-10-21(24)23(3)13-16-5-6-18-12-19(25-4)8-7-17(18)11-16/h5-8,11-12H,9-10,13H2,1-4H3. The molecule has 5 nitrogen and oxygen atoms in total. The highest BCUT2D eigenvalue weighted by Gasteiger charge is 2.14. The molecule has 0 aliphatic heterocycles. The van der Waals surface area contributed by atoms with Crippen LogP contribution >= 0.6 is 0 Å². The lowest BCUT2D eigenvalue weighted by molar-refractivity contribution is -0.130. The van der Waals surface area contributed by atoms with Crippen molar-refractivity contribution in [2.24, 2.45) is 0 Å². The van der Waals surface area contributed by atoms with Crippen molar-refractivity contribution in [1.29, 1.82) is 0 Å². The molecule has 26 heavy (non-hydrogen) atoms. The zero-order chi connectivity index (χ0) is 18.7. The summed E-state index contributed by atoms with van der Waals surface area (Å²) in [5.74, 6) is 1.75. The Kier molecular flexibility index (Phi) is 5.26. The van der Waals surface area contributed by atoms with Gasteiger partial charge in [0.2, 0.25) is 5.91 Å². The summed E-state index contributed by atoms with van der Waals surface area (Å²) < 4.78 is 10.4. The van der Waals surface area contributed by atoms with Crippen molar-refractivity contribution in [2.75, 3.05) is 14.2 Å². The van der Waals surface area contributed by atoms with E-state index >= 15 is 0 Å². The molecule has 136 valence electrons. The third-order valence-electron chi connectivity index (χ3n) is 4.73. The number of benzene rings is 2. The molecule has 1 aromatic heterocycles. The van der Waals surface area contributed by atoms with E-state index in [0.717, 1.165) is 39.1 Å². The number of amides is 1. The molecule has 1 amide bonds. The molecular weight excluding hydrogens is 328 g/mol. The molecule has 0 N–H and O–H groups in total. The number of carbonyl (C=O) groups excluding carboxylic acids is 1. The number of ether oxygens (including phenoxy) is 1. The molecule has 0 spiro atoms. The zero-order valence-electron chi connectivity index (χ0n) is 15.7. The van der Waals surface area contributed by atoms with Gasteiger partial charge in [-0.05, 0) is 54.8 Å². The van der Waals surface area contributed by atoms with Crippen LogP contribution in [-0.2, 0) is 17.8 Å². The highest BCUT2D eigenvalue weighted by Crippen LogP contribution is 2.22. The molecular formula is C21H24N2O3. The van der Waals surface area contributed by atoms with Gasteiger partial charge in [-0.25, -0.2) is 0 Å². The summed E-state index contributed by atoms with van der Waals surface area (Å²) >= 11 is 0. The van der Waals surface area contributed by atoms with Crippen molar-refractivity contribution < 1.29 is 14.1 Å². The molecule has 0 saturated carbocycles. The highest BCUT2D eigenvalue weighted by molar-refractivity contribution is 5.84. The van der Waals surface area contributed by atoms with Crippen molar-refractivity contribution in [3.8, 4) is 5.75 Å². The van der Waals surface area contributed by atoms with Crippen LogP contribution in [0, 0.1) is 13.8 Å². The van der Waals surface area contributed by atoms with Crippen LogP contribution < -0.4 is 4.74 Å². The molecule has 1 heterocycles. The first kappa shape index (κ1) is 18.0. The molecule has 0 aliphatic carbocycles. The van der Waals surface area contributed by atoms with Crippen LogP contribution in [0.2, 0.25) is 0 Å². The molecule has 3 rings (SSSR count). The number of carbonyl (C=O) groups is 1. The third-order valence-corrected chi connectivity index (χ3v) is 4.73. The monoisotopic (exact) mass is 352 g/mol. The quantitative estimate of drug-likeness (QED) is 0.672. The lowest BCUT2D eigenvalue weighted by Crippen LogP contribution is -2.26. The molecule has 0 fully saturated rings. The Bertz CT molecular complexity index is 911. The van der Waals surface area contributed by atoms with Gasteiger partial charge >= 0.3 is 0 Å². The number of rotatable bonds is 6. The maximum Gasteiger partial charge on any atom is 0.222 e. The fourth-order valence-corrected chi connectivity index (χ4v) is 3.14. The predicted octanol–water partition coefficient (Wildman–Crippen LogP) is 4.04. The van der Waals surface area contributed by atoms with Crippen molar-refractivity contribution in [2.45, 2.75) is 33.2 Å². The average Bonchev–Trinajstić information content (AvgIpc) is 2.97. The first-order valence-corrected chi connectivity index (χ1v) is 8.70.